The number of carboxylic acid groups (broad SMARTS) is 1. The van der Waals surface area contributed by atoms with Crippen LogP contribution in [0.1, 0.15) is 23.3 Å². The maximum Gasteiger partial charge on any atom is 0.506 e. The molecule has 1 saturated heterocycles. The summed E-state index contributed by atoms with van der Waals surface area (Å²) in [5.41, 5.74) is 0.734. The minimum Gasteiger partial charge on any atom is -0.450 e. The van der Waals surface area contributed by atoms with Crippen molar-refractivity contribution in [1.29, 1.82) is 0 Å². The van der Waals surface area contributed by atoms with Crippen molar-refractivity contribution < 1.29 is 32.2 Å². The number of halogens is 4. The van der Waals surface area contributed by atoms with E-state index in [1.807, 2.05) is 0 Å². The van der Waals surface area contributed by atoms with Crippen LogP contribution < -0.4 is 10.2 Å². The lowest BCUT2D eigenvalue weighted by Gasteiger charge is -2.31. The molecule has 32 heavy (non-hydrogen) atoms. The first-order valence-electron chi connectivity index (χ1n) is 9.70. The van der Waals surface area contributed by atoms with Gasteiger partial charge in [0.25, 0.3) is 0 Å². The van der Waals surface area contributed by atoms with Crippen LogP contribution in [0, 0.1) is 5.82 Å². The van der Waals surface area contributed by atoms with Crippen molar-refractivity contribution in [2.45, 2.75) is 31.7 Å². The molecule has 0 atom stereocenters. The Bertz CT molecular complexity index is 1110. The van der Waals surface area contributed by atoms with Gasteiger partial charge in [-0.2, -0.15) is 18.2 Å². The van der Waals surface area contributed by atoms with Gasteiger partial charge >= 0.3 is 12.3 Å². The van der Waals surface area contributed by atoms with E-state index in [9.17, 15) is 22.4 Å². The van der Waals surface area contributed by atoms with E-state index in [0.717, 1.165) is 11.6 Å². The summed E-state index contributed by atoms with van der Waals surface area (Å²) in [5, 5.41) is 12.0. The van der Waals surface area contributed by atoms with Gasteiger partial charge in [0.1, 0.15) is 27.4 Å². The smallest absolute Gasteiger partial charge is 0.450 e. The molecule has 0 spiro atoms. The minimum absolute atomic E-state index is 0.188. The fourth-order valence-electron chi connectivity index (χ4n) is 3.43. The van der Waals surface area contributed by atoms with Gasteiger partial charge in [-0.3, -0.25) is 0 Å². The van der Waals surface area contributed by atoms with Crippen LogP contribution >= 0.6 is 11.3 Å². The Morgan fingerprint density at radius 2 is 1.91 bits per heavy atom. The van der Waals surface area contributed by atoms with Crippen LogP contribution in [0.4, 0.5) is 34.1 Å². The Labute approximate surface area is 183 Å². The zero-order valence-corrected chi connectivity index (χ0v) is 17.3. The SMILES string of the molecule is O=C(O)OC1CCN(c2nc(NCc3ccc(F)cc3)c3cc(C(F)(F)F)sc3n2)CC1. The number of carbonyl (C=O) groups is 1. The average molecular weight is 470 g/mol. The van der Waals surface area contributed by atoms with Crippen molar-refractivity contribution in [3.05, 3.63) is 46.6 Å². The standard InChI is InChI=1S/C20H18F4N4O3S/c21-12-3-1-11(2-4-12)10-25-16-14-9-15(20(22,23)24)32-17(14)27-18(26-16)28-7-5-13(6-8-28)31-19(29)30/h1-4,9,13H,5-8,10H2,(H,29,30)(H,25,26,27). The fourth-order valence-corrected chi connectivity index (χ4v) is 4.32. The zero-order valence-electron chi connectivity index (χ0n) is 16.5. The van der Waals surface area contributed by atoms with Crippen molar-refractivity contribution in [3.8, 4) is 0 Å². The molecule has 7 nitrogen and oxygen atoms in total. The number of benzene rings is 1. The number of hydrogen-bond acceptors (Lipinski definition) is 7. The summed E-state index contributed by atoms with van der Waals surface area (Å²) >= 11 is 0.534. The van der Waals surface area contributed by atoms with Gasteiger partial charge in [-0.1, -0.05) is 12.1 Å². The number of anilines is 2. The third-order valence-corrected chi connectivity index (χ3v) is 6.10. The number of piperidine rings is 1. The van der Waals surface area contributed by atoms with Gasteiger partial charge in [-0.25, -0.2) is 14.2 Å². The van der Waals surface area contributed by atoms with Crippen molar-refractivity contribution in [2.75, 3.05) is 23.3 Å². The quantitative estimate of drug-likeness (QED) is 0.395. The van der Waals surface area contributed by atoms with Crippen LogP contribution in [0.2, 0.25) is 0 Å². The van der Waals surface area contributed by atoms with Crippen LogP contribution in [0.15, 0.2) is 30.3 Å². The van der Waals surface area contributed by atoms with Gasteiger partial charge in [0.15, 0.2) is 0 Å². The number of fused-ring (bicyclic) bond motifs is 1. The Balaban J connectivity index is 1.61. The van der Waals surface area contributed by atoms with Crippen molar-refractivity contribution in [2.24, 2.45) is 0 Å². The highest BCUT2D eigenvalue weighted by Gasteiger charge is 2.34. The van der Waals surface area contributed by atoms with Crippen molar-refractivity contribution in [1.82, 2.24) is 9.97 Å². The summed E-state index contributed by atoms with van der Waals surface area (Å²) in [4.78, 5) is 20.7. The molecular formula is C20H18F4N4O3S. The number of rotatable bonds is 5. The highest BCUT2D eigenvalue weighted by Crippen LogP contribution is 2.40. The fraction of sp³-hybridized carbons (Fsp3) is 0.350. The second kappa shape index (κ2) is 8.77. The molecule has 3 heterocycles. The molecule has 2 aromatic heterocycles. The molecule has 0 radical (unpaired) electrons. The first-order valence-corrected chi connectivity index (χ1v) is 10.5. The predicted molar refractivity (Wildman–Crippen MR) is 110 cm³/mol. The topological polar surface area (TPSA) is 87.6 Å². The van der Waals surface area contributed by atoms with Crippen LogP contribution in [-0.2, 0) is 17.5 Å². The van der Waals surface area contributed by atoms with Crippen LogP contribution in [0.25, 0.3) is 10.2 Å². The van der Waals surface area contributed by atoms with Gasteiger partial charge in [-0.15, -0.1) is 11.3 Å². The van der Waals surface area contributed by atoms with Crippen molar-refractivity contribution in [3.63, 3.8) is 0 Å². The summed E-state index contributed by atoms with van der Waals surface area (Å²) in [6.07, 6.45) is -5.45. The van der Waals surface area contributed by atoms with Crippen LogP contribution in [-0.4, -0.2) is 40.4 Å². The molecule has 12 heteroatoms. The van der Waals surface area contributed by atoms with E-state index in [1.165, 1.54) is 12.1 Å². The molecule has 170 valence electrons. The van der Waals surface area contributed by atoms with Gasteiger partial charge in [-0.05, 0) is 23.8 Å². The molecule has 0 bridgehead atoms. The van der Waals surface area contributed by atoms with E-state index in [4.69, 9.17) is 9.84 Å². The number of thiophene rings is 1. The highest BCUT2D eigenvalue weighted by atomic mass is 32.1. The van der Waals surface area contributed by atoms with E-state index in [2.05, 4.69) is 15.3 Å². The number of ether oxygens (including phenoxy) is 1. The molecular weight excluding hydrogens is 452 g/mol. The predicted octanol–water partition coefficient (Wildman–Crippen LogP) is 5.12. The first kappa shape index (κ1) is 22.1. The lowest BCUT2D eigenvalue weighted by molar-refractivity contribution is -0.134. The van der Waals surface area contributed by atoms with E-state index in [0.29, 0.717) is 37.3 Å². The molecule has 1 aliphatic rings. The Morgan fingerprint density at radius 1 is 1.22 bits per heavy atom. The van der Waals surface area contributed by atoms with E-state index >= 15 is 0 Å². The van der Waals surface area contributed by atoms with E-state index in [1.54, 1.807) is 17.0 Å². The Hall–Kier alpha value is -3.15. The summed E-state index contributed by atoms with van der Waals surface area (Å²) in [6, 6.07) is 6.76. The van der Waals surface area contributed by atoms with E-state index in [-0.39, 0.29) is 34.3 Å². The van der Waals surface area contributed by atoms with Crippen LogP contribution in [0.5, 0.6) is 0 Å². The summed E-state index contributed by atoms with van der Waals surface area (Å²) in [5.74, 6) is 0.108. The number of alkyl halides is 3. The molecule has 1 aromatic carbocycles. The molecule has 1 aliphatic heterocycles. The second-order valence-corrected chi connectivity index (χ2v) is 8.28. The second-order valence-electron chi connectivity index (χ2n) is 7.25. The highest BCUT2D eigenvalue weighted by molar-refractivity contribution is 7.18. The molecule has 0 aliphatic carbocycles. The third-order valence-electron chi connectivity index (χ3n) is 5.03. The molecule has 3 aromatic rings. The summed E-state index contributed by atoms with van der Waals surface area (Å²) in [7, 11) is 0. The lowest BCUT2D eigenvalue weighted by atomic mass is 10.1. The van der Waals surface area contributed by atoms with Crippen molar-refractivity contribution >= 4 is 39.5 Å². The number of aromatic nitrogens is 2. The lowest BCUT2D eigenvalue weighted by Crippen LogP contribution is -2.38. The van der Waals surface area contributed by atoms with Crippen LogP contribution in [0.3, 0.4) is 0 Å². The monoisotopic (exact) mass is 470 g/mol. The molecule has 0 amide bonds. The Kier molecular flexibility index (Phi) is 6.04. The average Bonchev–Trinajstić information content (AvgIpc) is 3.18. The van der Waals surface area contributed by atoms with Gasteiger partial charge in [0.2, 0.25) is 5.95 Å². The van der Waals surface area contributed by atoms with Gasteiger partial charge in [0.05, 0.1) is 5.39 Å². The normalized spacial score (nSPS) is 15.2. The molecule has 4 rings (SSSR count). The third kappa shape index (κ3) is 5.01. The molecule has 1 fully saturated rings. The molecule has 0 saturated carbocycles. The maximum absolute atomic E-state index is 13.3. The van der Waals surface area contributed by atoms with Gasteiger partial charge < -0.3 is 20.1 Å². The summed E-state index contributed by atoms with van der Waals surface area (Å²) < 4.78 is 57.8. The van der Waals surface area contributed by atoms with Gasteiger partial charge in [0, 0.05) is 32.5 Å². The largest absolute Gasteiger partial charge is 0.506 e. The molecule has 0 unspecified atom stereocenters. The summed E-state index contributed by atoms with van der Waals surface area (Å²) in [6.45, 7) is 1.04. The zero-order chi connectivity index (χ0) is 22.9. The minimum atomic E-state index is -4.51. The first-order chi connectivity index (χ1) is 15.2. The Morgan fingerprint density at radius 3 is 2.53 bits per heavy atom. The molecule has 2 N–H and O–H groups in total. The van der Waals surface area contributed by atoms with E-state index < -0.39 is 23.3 Å². The number of hydrogen-bond donors (Lipinski definition) is 2. The maximum atomic E-state index is 13.3. The number of nitrogens with zero attached hydrogens (tertiary/aromatic N) is 3. The number of nitrogens with one attached hydrogen (secondary N) is 1.